The Labute approximate surface area is 132 Å². The van der Waals surface area contributed by atoms with Gasteiger partial charge in [0.05, 0.1) is 0 Å². The summed E-state index contributed by atoms with van der Waals surface area (Å²) in [4.78, 5) is 1.02. The molecule has 15 heavy (non-hydrogen) atoms. The summed E-state index contributed by atoms with van der Waals surface area (Å²) in [5, 5.41) is 0. The van der Waals surface area contributed by atoms with Gasteiger partial charge in [0, 0.05) is 38.0 Å². The van der Waals surface area contributed by atoms with E-state index in [9.17, 15) is 0 Å². The third-order valence-corrected chi connectivity index (χ3v) is 2.51. The molecule has 0 saturated heterocycles. The molecule has 0 aliphatic heterocycles. The van der Waals surface area contributed by atoms with Gasteiger partial charge in [-0.25, -0.2) is 0 Å². The number of rotatable bonds is 0. The van der Waals surface area contributed by atoms with E-state index < -0.39 is 0 Å². The van der Waals surface area contributed by atoms with E-state index in [1.807, 2.05) is 48.5 Å². The number of hydrogen-bond acceptors (Lipinski definition) is 1. The Morgan fingerprint density at radius 1 is 0.733 bits per heavy atom. The van der Waals surface area contributed by atoms with E-state index in [4.69, 9.17) is 0 Å². The fourth-order valence-corrected chi connectivity index (χ4v) is 1.43. The molecule has 1 radical (unpaired) electrons. The number of halogens is 1. The van der Waals surface area contributed by atoms with Crippen molar-refractivity contribution in [3.63, 3.8) is 0 Å². The Bertz CT molecular complexity index is 313. The first-order valence-corrected chi connectivity index (χ1v) is 5.76. The Kier molecular flexibility index (Phi) is 10.1. The van der Waals surface area contributed by atoms with Crippen molar-refractivity contribution in [2.45, 2.75) is 4.90 Å². The van der Waals surface area contributed by atoms with Crippen molar-refractivity contribution >= 4 is 64.8 Å². The predicted molar refractivity (Wildman–Crippen MR) is 78.6 cm³/mol. The van der Waals surface area contributed by atoms with Gasteiger partial charge in [-0.3, -0.25) is 0 Å². The van der Waals surface area contributed by atoms with E-state index in [1.165, 1.54) is 3.57 Å². The second kappa shape index (κ2) is 9.73. The minimum atomic E-state index is 0. The maximum Gasteiger partial charge on any atom is 0.0130 e. The molecule has 0 unspecified atom stereocenters. The zero-order valence-corrected chi connectivity index (χ0v) is 13.7. The second-order valence-corrected chi connectivity index (χ2v) is 4.39. The van der Waals surface area contributed by atoms with Gasteiger partial charge in [0.15, 0.2) is 0 Å². The predicted octanol–water partition coefficient (Wildman–Crippen LogP) is 3.89. The maximum absolute atomic E-state index is 4.08. The maximum atomic E-state index is 4.08. The van der Waals surface area contributed by atoms with Crippen molar-refractivity contribution in [1.29, 1.82) is 0 Å². The van der Waals surface area contributed by atoms with E-state index >= 15 is 0 Å². The number of hydrogen-bond donors (Lipinski definition) is 1. The van der Waals surface area contributed by atoms with Gasteiger partial charge in [0.25, 0.3) is 0 Å². The summed E-state index contributed by atoms with van der Waals surface area (Å²) in [6, 6.07) is 20.0. The van der Waals surface area contributed by atoms with E-state index in [0.717, 1.165) is 4.90 Å². The van der Waals surface area contributed by atoms with Gasteiger partial charge < -0.3 is 0 Å². The van der Waals surface area contributed by atoms with Gasteiger partial charge >= 0.3 is 0 Å². The summed E-state index contributed by atoms with van der Waals surface area (Å²) in [5.74, 6) is 0. The standard InChI is InChI=1S/C6H5I.C6H6S.Na/c2*7-6-4-2-1-3-5-6;/h1-5H;1-5,7H;. The molecule has 0 aliphatic carbocycles. The van der Waals surface area contributed by atoms with Crippen molar-refractivity contribution in [2.24, 2.45) is 0 Å². The van der Waals surface area contributed by atoms with E-state index in [0.29, 0.717) is 0 Å². The Morgan fingerprint density at radius 3 is 1.33 bits per heavy atom. The summed E-state index contributed by atoms with van der Waals surface area (Å²) >= 11 is 6.36. The van der Waals surface area contributed by atoms with Gasteiger partial charge in [-0.2, -0.15) is 0 Å². The fraction of sp³-hybridized carbons (Fsp3) is 0. The molecule has 73 valence electrons. The van der Waals surface area contributed by atoms with Crippen LogP contribution >= 0.6 is 35.2 Å². The molecular weight excluding hydrogens is 326 g/mol. The molecule has 0 atom stereocenters. The van der Waals surface area contributed by atoms with Gasteiger partial charge in [0.2, 0.25) is 0 Å². The van der Waals surface area contributed by atoms with Crippen LogP contribution in [0.5, 0.6) is 0 Å². The Hall–Kier alpha value is 0.520. The molecule has 2 aromatic rings. The van der Waals surface area contributed by atoms with E-state index in [2.05, 4.69) is 47.4 Å². The summed E-state index contributed by atoms with van der Waals surface area (Å²) in [7, 11) is 0. The molecule has 0 saturated carbocycles. The molecule has 0 spiro atoms. The van der Waals surface area contributed by atoms with Gasteiger partial charge in [-0.1, -0.05) is 36.4 Å². The van der Waals surface area contributed by atoms with Crippen LogP contribution in [0.4, 0.5) is 0 Å². The molecule has 0 aliphatic rings. The first kappa shape index (κ1) is 15.5. The van der Waals surface area contributed by atoms with Crippen LogP contribution in [0.3, 0.4) is 0 Å². The van der Waals surface area contributed by atoms with Crippen LogP contribution in [-0.4, -0.2) is 29.6 Å². The summed E-state index contributed by atoms with van der Waals surface area (Å²) in [5.41, 5.74) is 0. The van der Waals surface area contributed by atoms with Crippen molar-refractivity contribution in [3.05, 3.63) is 64.2 Å². The van der Waals surface area contributed by atoms with Gasteiger partial charge in [-0.15, -0.1) is 12.6 Å². The van der Waals surface area contributed by atoms with Crippen molar-refractivity contribution in [3.8, 4) is 0 Å². The van der Waals surface area contributed by atoms with Crippen LogP contribution in [0.15, 0.2) is 65.6 Å². The Balaban J connectivity index is 0.000000245. The molecule has 0 nitrogen and oxygen atoms in total. The number of thiol groups is 1. The van der Waals surface area contributed by atoms with Crippen LogP contribution in [0.25, 0.3) is 0 Å². The first-order valence-electron chi connectivity index (χ1n) is 4.23. The molecule has 0 amide bonds. The first-order chi connectivity index (χ1) is 6.79. The zero-order valence-electron chi connectivity index (χ0n) is 8.60. The summed E-state index contributed by atoms with van der Waals surface area (Å²) in [6.45, 7) is 0. The Morgan fingerprint density at radius 2 is 1.13 bits per heavy atom. The fourth-order valence-electron chi connectivity index (χ4n) is 0.843. The van der Waals surface area contributed by atoms with Crippen LogP contribution < -0.4 is 0 Å². The average Bonchev–Trinajstić information content (AvgIpc) is 2.21. The van der Waals surface area contributed by atoms with Crippen LogP contribution in [0.1, 0.15) is 0 Å². The SMILES string of the molecule is Ic1ccccc1.Sc1ccccc1.[Na]. The van der Waals surface area contributed by atoms with Crippen LogP contribution in [-0.2, 0) is 0 Å². The van der Waals surface area contributed by atoms with Crippen molar-refractivity contribution in [2.75, 3.05) is 0 Å². The topological polar surface area (TPSA) is 0 Å². The summed E-state index contributed by atoms with van der Waals surface area (Å²) in [6.07, 6.45) is 0. The van der Waals surface area contributed by atoms with E-state index in [-0.39, 0.29) is 29.6 Å². The molecule has 0 N–H and O–H groups in total. The average molecular weight is 337 g/mol. The minimum Gasteiger partial charge on any atom is -0.143 e. The van der Waals surface area contributed by atoms with E-state index in [1.54, 1.807) is 0 Å². The molecule has 0 heterocycles. The van der Waals surface area contributed by atoms with Gasteiger partial charge in [-0.05, 0) is 46.9 Å². The van der Waals surface area contributed by atoms with Crippen molar-refractivity contribution < 1.29 is 0 Å². The van der Waals surface area contributed by atoms with Crippen LogP contribution in [0.2, 0.25) is 0 Å². The molecule has 3 heteroatoms. The largest absolute Gasteiger partial charge is 0.143 e. The zero-order chi connectivity index (χ0) is 10.2. The molecule has 0 aromatic heterocycles. The summed E-state index contributed by atoms with van der Waals surface area (Å²) < 4.78 is 1.29. The molecule has 0 bridgehead atoms. The molecule has 2 aromatic carbocycles. The smallest absolute Gasteiger partial charge is 0.0130 e. The van der Waals surface area contributed by atoms with Gasteiger partial charge in [0.1, 0.15) is 0 Å². The van der Waals surface area contributed by atoms with Crippen molar-refractivity contribution in [1.82, 2.24) is 0 Å². The monoisotopic (exact) mass is 337 g/mol. The second-order valence-electron chi connectivity index (χ2n) is 2.63. The minimum absolute atomic E-state index is 0. The third kappa shape index (κ3) is 8.34. The quantitative estimate of drug-likeness (QED) is 0.421. The molecule has 0 fully saturated rings. The molecular formula is C12H11INaS. The third-order valence-electron chi connectivity index (χ3n) is 1.49. The van der Waals surface area contributed by atoms with Crippen LogP contribution in [0, 0.1) is 3.57 Å². The molecule has 2 rings (SSSR count). The number of benzene rings is 2. The normalized spacial score (nSPS) is 8.13.